The fourth-order valence-corrected chi connectivity index (χ4v) is 6.78. The monoisotopic (exact) mass is 692 g/mol. The number of ketones is 1. The van der Waals surface area contributed by atoms with Gasteiger partial charge in [-0.2, -0.15) is 0 Å². The van der Waals surface area contributed by atoms with E-state index in [9.17, 15) is 30.0 Å². The largest absolute Gasteiger partial charge is 0.491 e. The van der Waals surface area contributed by atoms with Crippen molar-refractivity contribution in [3.05, 3.63) is 52.0 Å². The van der Waals surface area contributed by atoms with Crippen LogP contribution in [0.25, 0.3) is 0 Å². The Labute approximate surface area is 285 Å². The van der Waals surface area contributed by atoms with E-state index in [-0.39, 0.29) is 31.1 Å². The van der Waals surface area contributed by atoms with Gasteiger partial charge in [-0.05, 0) is 75.1 Å². The van der Waals surface area contributed by atoms with E-state index in [1.54, 1.807) is 12.1 Å². The second-order valence-corrected chi connectivity index (χ2v) is 14.1. The van der Waals surface area contributed by atoms with Gasteiger partial charge in [0.25, 0.3) is 0 Å². The van der Waals surface area contributed by atoms with Crippen LogP contribution in [0.2, 0.25) is 10.0 Å². The number of carbonyl (C=O) groups is 2. The maximum atomic E-state index is 13.8. The third-order valence-corrected chi connectivity index (χ3v) is 10.3. The number of hydrogen-bond donors (Lipinski definition) is 5. The summed E-state index contributed by atoms with van der Waals surface area (Å²) in [5, 5.41) is 48.8. The molecule has 0 bridgehead atoms. The molecule has 0 aromatic heterocycles. The molecule has 0 unspecified atom stereocenters. The quantitative estimate of drug-likeness (QED) is 0.146. The number of rotatable bonds is 18. The Hall–Kier alpha value is -2.44. The third kappa shape index (κ3) is 8.78. The Morgan fingerprint density at radius 1 is 0.894 bits per heavy atom. The molecule has 258 valence electrons. The highest BCUT2D eigenvalue weighted by Gasteiger charge is 2.54. The van der Waals surface area contributed by atoms with E-state index in [1.165, 1.54) is 12.8 Å². The van der Waals surface area contributed by atoms with Crippen LogP contribution >= 0.6 is 23.2 Å². The molecule has 2 saturated carbocycles. The first-order chi connectivity index (χ1) is 22.5. The lowest BCUT2D eigenvalue weighted by Gasteiger charge is -2.39. The van der Waals surface area contributed by atoms with Crippen LogP contribution in [0.5, 0.6) is 5.75 Å². The van der Waals surface area contributed by atoms with Crippen LogP contribution in [0.4, 0.5) is 11.4 Å². The van der Waals surface area contributed by atoms with Gasteiger partial charge in [0.15, 0.2) is 0 Å². The Morgan fingerprint density at radius 2 is 1.60 bits per heavy atom. The number of benzene rings is 2. The summed E-state index contributed by atoms with van der Waals surface area (Å²) < 4.78 is 6.14. The molecule has 1 amide bonds. The minimum Gasteiger partial charge on any atom is -0.491 e. The van der Waals surface area contributed by atoms with Crippen LogP contribution in [-0.2, 0) is 16.0 Å². The molecule has 2 aromatic carbocycles. The van der Waals surface area contributed by atoms with E-state index >= 15 is 0 Å². The van der Waals surface area contributed by atoms with Gasteiger partial charge in [0.2, 0.25) is 5.91 Å². The molecule has 0 saturated heterocycles. The number of Topliss-reactive ketones (excluding diaryl/α,β-unsaturated/α-hetero) is 1. The van der Waals surface area contributed by atoms with Crippen molar-refractivity contribution in [2.75, 3.05) is 36.1 Å². The van der Waals surface area contributed by atoms with Gasteiger partial charge >= 0.3 is 0 Å². The SMILES string of the molecule is O=C(CCCCCc1cc(Cl)c(OCC2(C(=O)N3CCN(C4CC4)c4ccccc43)CC2)cc1Cl)CC[C@H](O)[C@@H](O)[C@H](O)[C@H](O)CO. The average molecular weight is 694 g/mol. The van der Waals surface area contributed by atoms with Gasteiger partial charge in [-0.25, -0.2) is 0 Å². The van der Waals surface area contributed by atoms with E-state index in [0.717, 1.165) is 49.2 Å². The first-order valence-corrected chi connectivity index (χ1v) is 17.4. The third-order valence-electron chi connectivity index (χ3n) is 9.64. The van der Waals surface area contributed by atoms with Crippen molar-refractivity contribution in [3.63, 3.8) is 0 Å². The van der Waals surface area contributed by atoms with Crippen molar-refractivity contribution < 1.29 is 39.9 Å². The van der Waals surface area contributed by atoms with Crippen molar-refractivity contribution in [1.82, 2.24) is 0 Å². The van der Waals surface area contributed by atoms with Gasteiger partial charge < -0.3 is 40.1 Å². The molecule has 12 heteroatoms. The highest BCUT2D eigenvalue weighted by molar-refractivity contribution is 6.34. The summed E-state index contributed by atoms with van der Waals surface area (Å²) in [6, 6.07) is 12.3. The first-order valence-electron chi connectivity index (χ1n) is 16.7. The molecule has 0 spiro atoms. The maximum absolute atomic E-state index is 13.8. The fraction of sp³-hybridized carbons (Fsp3) is 0.600. The molecule has 47 heavy (non-hydrogen) atoms. The lowest BCUT2D eigenvalue weighted by Crippen LogP contribution is -2.48. The van der Waals surface area contributed by atoms with Crippen LogP contribution < -0.4 is 14.5 Å². The molecule has 5 rings (SSSR count). The van der Waals surface area contributed by atoms with Crippen LogP contribution in [-0.4, -0.2) is 94.0 Å². The number of unbranched alkanes of at least 4 members (excludes halogenated alkanes) is 2. The molecule has 2 aromatic rings. The van der Waals surface area contributed by atoms with E-state index < -0.39 is 36.4 Å². The highest BCUT2D eigenvalue weighted by atomic mass is 35.5. The molecule has 0 radical (unpaired) electrons. The summed E-state index contributed by atoms with van der Waals surface area (Å²) in [5.74, 6) is 0.477. The van der Waals surface area contributed by atoms with Gasteiger partial charge in [-0.15, -0.1) is 0 Å². The number of ether oxygens (including phenoxy) is 1. The number of aryl methyl sites for hydroxylation is 1. The number of aliphatic hydroxyl groups excluding tert-OH is 5. The number of hydrogen-bond acceptors (Lipinski definition) is 9. The summed E-state index contributed by atoms with van der Waals surface area (Å²) in [7, 11) is 0. The first kappa shape index (κ1) is 35.9. The lowest BCUT2D eigenvalue weighted by atomic mass is 9.97. The zero-order valence-electron chi connectivity index (χ0n) is 26.6. The van der Waals surface area contributed by atoms with Crippen molar-refractivity contribution in [2.45, 2.75) is 101 Å². The number of aliphatic hydroxyl groups is 5. The van der Waals surface area contributed by atoms with Gasteiger partial charge in [0.05, 0.1) is 34.5 Å². The molecular formula is C35H46Cl2N2O8. The molecular weight excluding hydrogens is 647 g/mol. The number of nitrogens with zero attached hydrogens (tertiary/aromatic N) is 2. The number of para-hydroxylation sites is 2. The highest BCUT2D eigenvalue weighted by Crippen LogP contribution is 2.50. The maximum Gasteiger partial charge on any atom is 0.236 e. The summed E-state index contributed by atoms with van der Waals surface area (Å²) >= 11 is 13.2. The van der Waals surface area contributed by atoms with E-state index in [2.05, 4.69) is 11.0 Å². The number of carbonyl (C=O) groups excluding carboxylic acids is 2. The molecule has 1 aliphatic heterocycles. The Morgan fingerprint density at radius 3 is 2.28 bits per heavy atom. The van der Waals surface area contributed by atoms with Crippen molar-refractivity contribution in [2.24, 2.45) is 5.41 Å². The van der Waals surface area contributed by atoms with Crippen LogP contribution in [0, 0.1) is 5.41 Å². The topological polar surface area (TPSA) is 151 Å². The Bertz CT molecular complexity index is 1400. The zero-order valence-corrected chi connectivity index (χ0v) is 28.1. The minimum absolute atomic E-state index is 0.0281. The predicted octanol–water partition coefficient (Wildman–Crippen LogP) is 4.06. The van der Waals surface area contributed by atoms with Gasteiger partial charge in [0.1, 0.15) is 36.5 Å². The normalized spacial score (nSPS) is 19.5. The molecule has 2 aliphatic carbocycles. The minimum atomic E-state index is -1.70. The van der Waals surface area contributed by atoms with Gasteiger partial charge in [0, 0.05) is 43.1 Å². The average Bonchev–Trinajstić information content (AvgIpc) is 4.02. The van der Waals surface area contributed by atoms with E-state index in [1.807, 2.05) is 23.1 Å². The molecule has 2 fully saturated rings. The Kier molecular flexibility index (Phi) is 12.1. The molecule has 10 nitrogen and oxygen atoms in total. The number of amides is 1. The second-order valence-electron chi connectivity index (χ2n) is 13.2. The van der Waals surface area contributed by atoms with Crippen molar-refractivity contribution in [1.29, 1.82) is 0 Å². The Balaban J connectivity index is 1.05. The second kappa shape index (κ2) is 15.8. The van der Waals surface area contributed by atoms with Crippen LogP contribution in [0.3, 0.4) is 0 Å². The molecule has 5 N–H and O–H groups in total. The van der Waals surface area contributed by atoms with Crippen LogP contribution in [0.15, 0.2) is 36.4 Å². The summed E-state index contributed by atoms with van der Waals surface area (Å²) in [5.41, 5.74) is 2.41. The standard InChI is InChI=1S/C35H46Cl2N2O8/c36-25-19-31(26(37)18-22(25)6-2-1-3-7-24(41)12-13-29(42)32(44)33(45)30(43)20-40)47-21-35(14-15-35)34(46)39-17-16-38(23-10-11-23)27-8-4-5-9-28(27)39/h4-5,8-9,18-19,23,29-30,32-33,40,42-45H,1-3,6-7,10-17,20-21H2/t29-,30+,32+,33+/m0/s1. The lowest BCUT2D eigenvalue weighted by molar-refractivity contribution is -0.125. The summed E-state index contributed by atoms with van der Waals surface area (Å²) in [6.45, 7) is 0.987. The predicted molar refractivity (Wildman–Crippen MR) is 180 cm³/mol. The molecule has 4 atom stereocenters. The smallest absolute Gasteiger partial charge is 0.236 e. The fourth-order valence-electron chi connectivity index (χ4n) is 6.29. The number of fused-ring (bicyclic) bond motifs is 1. The molecule has 1 heterocycles. The molecule has 3 aliphatic rings. The zero-order chi connectivity index (χ0) is 33.7. The van der Waals surface area contributed by atoms with E-state index in [4.69, 9.17) is 33.0 Å². The van der Waals surface area contributed by atoms with Crippen molar-refractivity contribution >= 4 is 46.3 Å². The van der Waals surface area contributed by atoms with Gasteiger partial charge in [-0.3, -0.25) is 9.59 Å². The number of anilines is 2. The van der Waals surface area contributed by atoms with Crippen molar-refractivity contribution in [3.8, 4) is 5.75 Å². The van der Waals surface area contributed by atoms with Gasteiger partial charge in [-0.1, -0.05) is 41.8 Å². The van der Waals surface area contributed by atoms with Crippen LogP contribution in [0.1, 0.15) is 69.8 Å². The summed E-state index contributed by atoms with van der Waals surface area (Å²) in [6.07, 6.45) is 0.763. The number of halogens is 2. The van der Waals surface area contributed by atoms with E-state index in [0.29, 0.717) is 47.6 Å². The summed E-state index contributed by atoms with van der Waals surface area (Å²) in [4.78, 5) is 30.4.